The molecule has 0 amide bonds. The van der Waals surface area contributed by atoms with Crippen molar-refractivity contribution < 1.29 is 114 Å². The van der Waals surface area contributed by atoms with Crippen molar-refractivity contribution in [3.05, 3.63) is 391 Å². The number of aryl methyl sites for hydroxylation is 3. The average molecular weight is 2210 g/mol. The van der Waals surface area contributed by atoms with Crippen LogP contribution in [0.25, 0.3) is 11.1 Å². The van der Waals surface area contributed by atoms with Crippen molar-refractivity contribution in [3.63, 3.8) is 0 Å². The molecule has 0 saturated heterocycles. The molecule has 0 radical (unpaired) electrons. The molecule has 5 heterocycles. The number of ether oxygens (including phenoxy) is 1. The molecule has 7 N–H and O–H groups in total. The zero-order chi connectivity index (χ0) is 108. The first kappa shape index (κ1) is 110. The monoisotopic (exact) mass is 2210 g/mol. The number of aromatic hydroxyl groups is 6. The Balaban J connectivity index is 0.000000146. The third-order valence-corrected chi connectivity index (χ3v) is 51.0. The summed E-state index contributed by atoms with van der Waals surface area (Å²) in [4.78, 5) is 85.5. The third-order valence-electron chi connectivity index (χ3n) is 27.6. The summed E-state index contributed by atoms with van der Waals surface area (Å²) in [6.45, 7) is 40.0. The standard InChI is InChI=1S/C22H16F2O4Si.C22H28F2O2Si2.C22H18F2O2Si.C15H12F2O3Si.C15H14O3Si.C11H13BrO2.C7H7Br/c1-29(2)20-13(7-9-15(25)18(20)23)17(11-5-3-4-6-12(11)22(27)28)14-8-10-16(26)19(24)21(14)29;1-13-9-10-14-19(25)15-11-12-16(26-28(7,8)22(2,3)4)18(24)21(15)27(5,6)20(14)17(13)23;1-12-6-4-5-7-13(12)18-14-8-10-16(25)19(23)21(14)27(2,3)22-15(18)9-11-17(26)20(22)24;1-21(2)14-7(3-5-9(18)11(14)16)13(20)8-4-6-10(19)12(17)15(8)21;1-19(2)13-7-9(16)3-5-11(13)15(18)12-6-4-10(17)8-14(12)19;1-11(2,3)14-10(13)8-6-4-5-7-9(8)12;1-6-4-2-3-5-7(6)8/h3-10,25H,1-2H3,(H,27,28);9-12H,1-8H3;4-11,25H,1-3H3;3-6,18-19H,1-2H3;3-8,16-17H,1-2H3;4-7H,1-3H3;2-5H,1H3. The maximum absolute atomic E-state index is 15.7. The molecule has 19 rings (SSSR count). The number of phenolic OH excluding ortho intramolecular Hbond substituents is 6. The highest BCUT2D eigenvalue weighted by molar-refractivity contribution is 9.10. The average Bonchev–Trinajstić information content (AvgIpc) is 0.710. The van der Waals surface area contributed by atoms with Gasteiger partial charge in [-0.1, -0.05) is 211 Å². The lowest BCUT2D eigenvalue weighted by Crippen LogP contribution is -2.62. The second kappa shape index (κ2) is 41.2. The Morgan fingerprint density at radius 2 is 0.678 bits per heavy atom. The molecule has 5 aliphatic heterocycles. The predicted molar refractivity (Wildman–Crippen MR) is 578 cm³/mol. The highest BCUT2D eigenvalue weighted by Crippen LogP contribution is 2.49. The zero-order valence-corrected chi connectivity index (χ0v) is 93.2. The van der Waals surface area contributed by atoms with E-state index in [0.717, 1.165) is 44.2 Å². The summed E-state index contributed by atoms with van der Waals surface area (Å²) in [5, 5.41) is 71.6. The summed E-state index contributed by atoms with van der Waals surface area (Å²) in [5.74, 6) is -11.5. The molecule has 0 saturated carbocycles. The van der Waals surface area contributed by atoms with Crippen molar-refractivity contribution >= 4 is 174 Å². The summed E-state index contributed by atoms with van der Waals surface area (Å²) in [6, 6.07) is 56.2. The lowest BCUT2D eigenvalue weighted by molar-refractivity contribution is -0.113. The normalized spacial score (nSPS) is 15.7. The number of allylic oxidation sites excluding steroid dienone is 10. The Hall–Kier alpha value is -13.3. The highest BCUT2D eigenvalue weighted by Gasteiger charge is 2.51. The number of benzene rings is 12. The molecule has 0 aromatic heterocycles. The summed E-state index contributed by atoms with van der Waals surface area (Å²) in [7, 11) is -16.0. The number of ketones is 5. The van der Waals surface area contributed by atoms with Crippen LogP contribution in [0.15, 0.2) is 273 Å². The number of hydrogen-bond acceptors (Lipinski definition) is 15. The lowest BCUT2D eigenvalue weighted by Gasteiger charge is -2.38. The molecule has 16 nitrogen and oxygen atoms in total. The van der Waals surface area contributed by atoms with Gasteiger partial charge in [-0.3, -0.25) is 24.0 Å². The Morgan fingerprint density at radius 3 is 1.07 bits per heavy atom. The summed E-state index contributed by atoms with van der Waals surface area (Å²) >= 11 is 6.70. The van der Waals surface area contributed by atoms with E-state index in [-0.39, 0.29) is 88.7 Å². The number of aromatic carboxylic acids is 1. The molecule has 12 aromatic carbocycles. The Labute approximate surface area is 864 Å². The molecule has 0 atom stereocenters. The Morgan fingerprint density at radius 1 is 0.342 bits per heavy atom. The van der Waals surface area contributed by atoms with Gasteiger partial charge in [-0.05, 0) is 310 Å². The second-order valence-corrected chi connectivity index (χ2v) is 69.1. The van der Waals surface area contributed by atoms with Crippen LogP contribution >= 0.6 is 31.9 Å². The van der Waals surface area contributed by atoms with E-state index in [9.17, 15) is 78.1 Å². The number of halogens is 10. The minimum atomic E-state index is -3.08. The maximum Gasteiger partial charge on any atom is 0.339 e. The predicted octanol–water partition coefficient (Wildman–Crippen LogP) is 22.7. The van der Waals surface area contributed by atoms with Crippen molar-refractivity contribution in [2.75, 3.05) is 0 Å². The summed E-state index contributed by atoms with van der Waals surface area (Å²) < 4.78 is 133. The van der Waals surface area contributed by atoms with Crippen LogP contribution in [0.5, 0.6) is 40.2 Å². The van der Waals surface area contributed by atoms with Gasteiger partial charge in [0.05, 0.1) is 11.1 Å². The van der Waals surface area contributed by atoms with Gasteiger partial charge in [-0.15, -0.1) is 0 Å². The van der Waals surface area contributed by atoms with Crippen LogP contribution in [0.2, 0.25) is 83.6 Å². The van der Waals surface area contributed by atoms with Crippen LogP contribution in [0.4, 0.5) is 35.1 Å². The number of hydrogen-bond donors (Lipinski definition) is 7. The maximum atomic E-state index is 15.7. The van der Waals surface area contributed by atoms with Crippen LogP contribution in [0.1, 0.15) is 149 Å². The van der Waals surface area contributed by atoms with Crippen molar-refractivity contribution in [3.8, 4) is 40.2 Å². The van der Waals surface area contributed by atoms with E-state index in [1.54, 1.807) is 130 Å². The number of carbonyl (C=O) groups is 7. The first-order valence-electron chi connectivity index (χ1n) is 46.5. The van der Waals surface area contributed by atoms with Crippen LogP contribution in [0, 0.1) is 55.7 Å². The fourth-order valence-corrected chi connectivity index (χ4v) is 37.6. The van der Waals surface area contributed by atoms with Gasteiger partial charge in [-0.2, -0.15) is 0 Å². The topological polar surface area (TPSA) is 280 Å². The Kier molecular flexibility index (Phi) is 31.0. The van der Waals surface area contributed by atoms with E-state index < -0.39 is 141 Å². The number of rotatable bonds is 6. The largest absolute Gasteiger partial charge is 0.542 e. The fourth-order valence-electron chi connectivity index (χ4n) is 19.3. The first-order chi connectivity index (χ1) is 68.0. The van der Waals surface area contributed by atoms with Crippen molar-refractivity contribution in [2.24, 2.45) is 0 Å². The fraction of sp³-hybridized carbons (Fsp3) is 0.202. The quantitative estimate of drug-likeness (QED) is 0.0463. The van der Waals surface area contributed by atoms with Gasteiger partial charge < -0.3 is 44.9 Å². The molecule has 32 heteroatoms. The van der Waals surface area contributed by atoms with Crippen LogP contribution in [-0.4, -0.2) is 131 Å². The number of fused-ring (bicyclic) bond motifs is 10. The molecule has 0 bridgehead atoms. The van der Waals surface area contributed by atoms with E-state index in [1.165, 1.54) is 58.6 Å². The van der Waals surface area contributed by atoms with E-state index >= 15 is 26.3 Å². The smallest absolute Gasteiger partial charge is 0.339 e. The molecule has 0 fully saturated rings. The lowest BCUT2D eigenvalue weighted by atomic mass is 9.87. The molecule has 12 aromatic rings. The number of carboxylic acid groups (broad SMARTS) is 1. The second-order valence-electron chi connectivity index (χ2n) is 41.4. The van der Waals surface area contributed by atoms with Gasteiger partial charge in [0.2, 0.25) is 11.6 Å². The highest BCUT2D eigenvalue weighted by atomic mass is 79.9. The van der Waals surface area contributed by atoms with Crippen molar-refractivity contribution in [1.82, 2.24) is 0 Å². The molecule has 7 aliphatic rings. The Bertz CT molecular complexity index is 7610. The van der Waals surface area contributed by atoms with E-state index in [2.05, 4.69) is 91.8 Å². The third kappa shape index (κ3) is 20.5. The van der Waals surface area contributed by atoms with Gasteiger partial charge >= 0.3 is 11.9 Å². The molecule has 146 heavy (non-hydrogen) atoms. The van der Waals surface area contributed by atoms with Gasteiger partial charge in [0.1, 0.15) is 69.0 Å². The molecular formula is C114H108Br2F8O16Si6. The zero-order valence-electron chi connectivity index (χ0n) is 84.0. The van der Waals surface area contributed by atoms with Gasteiger partial charge in [0, 0.05) is 42.3 Å². The number of carbonyl (C=O) groups excluding carboxylic acids is 6. The number of phenols is 6. The first-order valence-corrected chi connectivity index (χ1v) is 66.0. The van der Waals surface area contributed by atoms with E-state index in [4.69, 9.17) is 9.16 Å². The molecule has 2 aliphatic carbocycles. The van der Waals surface area contributed by atoms with Gasteiger partial charge in [0.25, 0.3) is 8.32 Å². The number of carboxylic acids is 1. The minimum absolute atomic E-state index is 0.0270. The van der Waals surface area contributed by atoms with Crippen LogP contribution < -0.4 is 45.9 Å². The molecule has 754 valence electrons. The minimum Gasteiger partial charge on any atom is -0.542 e. The number of esters is 1. The van der Waals surface area contributed by atoms with Crippen molar-refractivity contribution in [1.29, 1.82) is 0 Å². The molecule has 0 unspecified atom stereocenters. The molecule has 0 spiro atoms. The van der Waals surface area contributed by atoms with Crippen molar-refractivity contribution in [2.45, 2.75) is 152 Å². The SMILES string of the molecule is CC(C)(C)OC(=O)c1ccccc1Br.C[Si]1(C)C2=C(F)C(=O)C=CC2=C(c2ccccc2C(=O)O)c2ccc(O)c(F)c21.C[Si]1(C)c2c(ccc(O)c2F)C(=O)c2ccc(O)c(F)c21.C[Si]1(C)c2cc(O)ccc2C(=O)c2ccc(O)cc21.Cc1ccc2c(c1F)[Si](C)(C)c1c(ccc(O[Si](C)(C)C(C)(C)C)c1F)C2=O.Cc1ccccc1Br.Cc1ccccc1C1=C2C=CC(=O)C(F)=C2[Si](C)(C)c2c1ccc(O)c2F. The summed E-state index contributed by atoms with van der Waals surface area (Å²) in [5.41, 5.74) is 9.40. The van der Waals surface area contributed by atoms with E-state index in [0.29, 0.717) is 87.6 Å². The van der Waals surface area contributed by atoms with Gasteiger partial charge in [-0.25, -0.2) is 44.7 Å². The summed E-state index contributed by atoms with van der Waals surface area (Å²) in [6.07, 6.45) is 5.45. The molecular weight excluding hydrogens is 2110 g/mol. The van der Waals surface area contributed by atoms with E-state index in [1.807, 2.05) is 115 Å². The van der Waals surface area contributed by atoms with Gasteiger partial charge in [0.15, 0.2) is 81.1 Å². The van der Waals surface area contributed by atoms with Crippen LogP contribution in [-0.2, 0) is 14.3 Å². The van der Waals surface area contributed by atoms with Crippen LogP contribution in [0.3, 0.4) is 0 Å².